The molecule has 0 aliphatic heterocycles. The van der Waals surface area contributed by atoms with Crippen molar-refractivity contribution in [1.29, 1.82) is 0 Å². The predicted molar refractivity (Wildman–Crippen MR) is 106 cm³/mol. The standard InChI is InChI=1S/C21H33F2N3O/c1-24(2)15-16-25(3)19-7-5-4-6-8-20(19)26(21(27)13-14-22)18-11-9-17(23)10-12-18/h9-12,19-20H,4-8,13-16H2,1-3H3. The van der Waals surface area contributed by atoms with Crippen molar-refractivity contribution < 1.29 is 13.6 Å². The van der Waals surface area contributed by atoms with Gasteiger partial charge in [0.05, 0.1) is 19.1 Å². The Morgan fingerprint density at radius 2 is 1.63 bits per heavy atom. The van der Waals surface area contributed by atoms with Crippen molar-refractivity contribution in [2.24, 2.45) is 0 Å². The van der Waals surface area contributed by atoms with E-state index in [0.29, 0.717) is 5.69 Å². The molecule has 0 heterocycles. The van der Waals surface area contributed by atoms with Gasteiger partial charge in [-0.05, 0) is 58.3 Å². The second-order valence-corrected chi connectivity index (χ2v) is 7.74. The summed E-state index contributed by atoms with van der Waals surface area (Å²) in [6.07, 6.45) is 5.07. The third-order valence-corrected chi connectivity index (χ3v) is 5.42. The molecule has 1 saturated carbocycles. The summed E-state index contributed by atoms with van der Waals surface area (Å²) in [7, 11) is 6.21. The number of halogens is 2. The van der Waals surface area contributed by atoms with Crippen LogP contribution in [0, 0.1) is 5.82 Å². The van der Waals surface area contributed by atoms with Gasteiger partial charge in [-0.1, -0.05) is 19.3 Å². The minimum atomic E-state index is -0.676. The van der Waals surface area contributed by atoms with Crippen LogP contribution in [0.4, 0.5) is 14.5 Å². The zero-order chi connectivity index (χ0) is 19.8. The highest BCUT2D eigenvalue weighted by molar-refractivity contribution is 5.94. The third kappa shape index (κ3) is 6.25. The zero-order valence-electron chi connectivity index (χ0n) is 16.8. The van der Waals surface area contributed by atoms with E-state index in [0.717, 1.165) is 45.2 Å². The summed E-state index contributed by atoms with van der Waals surface area (Å²) in [6, 6.07) is 6.18. The Balaban J connectivity index is 2.32. The van der Waals surface area contributed by atoms with E-state index in [1.807, 2.05) is 14.1 Å². The topological polar surface area (TPSA) is 26.8 Å². The first-order valence-corrected chi connectivity index (χ1v) is 9.92. The maximum atomic E-state index is 13.4. The number of hydrogen-bond donors (Lipinski definition) is 0. The van der Waals surface area contributed by atoms with Crippen LogP contribution in [-0.4, -0.2) is 68.7 Å². The first-order valence-electron chi connectivity index (χ1n) is 9.92. The minimum absolute atomic E-state index is 0.0239. The molecule has 0 bridgehead atoms. The van der Waals surface area contributed by atoms with E-state index < -0.39 is 6.67 Å². The lowest BCUT2D eigenvalue weighted by molar-refractivity contribution is -0.119. The van der Waals surface area contributed by atoms with Crippen LogP contribution in [0.5, 0.6) is 0 Å². The van der Waals surface area contributed by atoms with Gasteiger partial charge in [0.25, 0.3) is 0 Å². The van der Waals surface area contributed by atoms with Crippen molar-refractivity contribution in [3.63, 3.8) is 0 Å². The molecule has 1 fully saturated rings. The number of anilines is 1. The van der Waals surface area contributed by atoms with Gasteiger partial charge in [-0.25, -0.2) is 4.39 Å². The molecule has 27 heavy (non-hydrogen) atoms. The van der Waals surface area contributed by atoms with Crippen LogP contribution < -0.4 is 4.90 Å². The maximum absolute atomic E-state index is 13.4. The van der Waals surface area contributed by atoms with E-state index in [9.17, 15) is 13.6 Å². The number of rotatable bonds is 8. The monoisotopic (exact) mass is 381 g/mol. The fourth-order valence-corrected chi connectivity index (χ4v) is 3.93. The fraction of sp³-hybridized carbons (Fsp3) is 0.667. The van der Waals surface area contributed by atoms with Gasteiger partial charge in [-0.15, -0.1) is 0 Å². The second-order valence-electron chi connectivity index (χ2n) is 7.74. The highest BCUT2D eigenvalue weighted by Gasteiger charge is 2.34. The number of carbonyl (C=O) groups excluding carboxylic acids is 1. The molecule has 0 N–H and O–H groups in total. The fourth-order valence-electron chi connectivity index (χ4n) is 3.93. The van der Waals surface area contributed by atoms with Crippen LogP contribution in [-0.2, 0) is 4.79 Å². The van der Waals surface area contributed by atoms with Gasteiger partial charge in [-0.3, -0.25) is 9.18 Å². The number of likely N-dealkylation sites (N-methyl/N-ethyl adjacent to an activating group) is 2. The predicted octanol–water partition coefficient (Wildman–Crippen LogP) is 3.71. The SMILES string of the molecule is CN(C)CCN(C)C1CCCCCC1N(C(=O)CCF)c1ccc(F)cc1. The number of hydrogen-bond acceptors (Lipinski definition) is 3. The molecule has 0 aromatic heterocycles. The number of nitrogens with zero attached hydrogens (tertiary/aromatic N) is 3. The zero-order valence-corrected chi connectivity index (χ0v) is 16.8. The number of benzene rings is 1. The number of alkyl halides is 1. The third-order valence-electron chi connectivity index (χ3n) is 5.42. The van der Waals surface area contributed by atoms with E-state index in [1.54, 1.807) is 17.0 Å². The van der Waals surface area contributed by atoms with Crippen LogP contribution >= 0.6 is 0 Å². The Hall–Kier alpha value is -1.53. The molecule has 0 radical (unpaired) electrons. The molecule has 1 aromatic carbocycles. The Morgan fingerprint density at radius 1 is 1.00 bits per heavy atom. The molecule has 1 amide bonds. The normalized spacial score (nSPS) is 20.7. The van der Waals surface area contributed by atoms with E-state index >= 15 is 0 Å². The second kappa shape index (κ2) is 10.7. The molecular weight excluding hydrogens is 348 g/mol. The van der Waals surface area contributed by atoms with Crippen molar-refractivity contribution in [2.75, 3.05) is 45.8 Å². The number of carbonyl (C=O) groups is 1. The van der Waals surface area contributed by atoms with Crippen molar-refractivity contribution in [3.05, 3.63) is 30.1 Å². The van der Waals surface area contributed by atoms with Gasteiger partial charge in [0, 0.05) is 24.8 Å². The highest BCUT2D eigenvalue weighted by atomic mass is 19.1. The summed E-state index contributed by atoms with van der Waals surface area (Å²) in [5.41, 5.74) is 0.660. The molecule has 1 aliphatic carbocycles. The molecule has 152 valence electrons. The Morgan fingerprint density at radius 3 is 2.22 bits per heavy atom. The van der Waals surface area contributed by atoms with Crippen LogP contribution in [0.15, 0.2) is 24.3 Å². The minimum Gasteiger partial charge on any atom is -0.308 e. The molecule has 2 rings (SSSR count). The summed E-state index contributed by atoms with van der Waals surface area (Å²) in [6.45, 7) is 1.17. The molecule has 4 nitrogen and oxygen atoms in total. The van der Waals surface area contributed by atoms with Gasteiger partial charge in [-0.2, -0.15) is 0 Å². The van der Waals surface area contributed by atoms with Crippen molar-refractivity contribution in [3.8, 4) is 0 Å². The van der Waals surface area contributed by atoms with Crippen molar-refractivity contribution in [1.82, 2.24) is 9.80 Å². The van der Waals surface area contributed by atoms with Crippen LogP contribution in [0.1, 0.15) is 38.5 Å². The lowest BCUT2D eigenvalue weighted by atomic mass is 9.98. The average Bonchev–Trinajstić information content (AvgIpc) is 2.88. The van der Waals surface area contributed by atoms with Crippen LogP contribution in [0.25, 0.3) is 0 Å². The molecule has 2 atom stereocenters. The van der Waals surface area contributed by atoms with Gasteiger partial charge >= 0.3 is 0 Å². The van der Waals surface area contributed by atoms with E-state index in [2.05, 4.69) is 16.8 Å². The molecule has 0 spiro atoms. The Bertz CT molecular complexity index is 579. The lowest BCUT2D eigenvalue weighted by Crippen LogP contribution is -2.53. The van der Waals surface area contributed by atoms with Gasteiger partial charge in [0.15, 0.2) is 0 Å². The smallest absolute Gasteiger partial charge is 0.229 e. The molecule has 6 heteroatoms. The van der Waals surface area contributed by atoms with E-state index in [4.69, 9.17) is 0 Å². The Labute approximate surface area is 162 Å². The first-order chi connectivity index (χ1) is 12.9. The van der Waals surface area contributed by atoms with Crippen LogP contribution in [0.3, 0.4) is 0 Å². The van der Waals surface area contributed by atoms with Crippen LogP contribution in [0.2, 0.25) is 0 Å². The Kier molecular flexibility index (Phi) is 8.64. The molecule has 1 aromatic rings. The van der Waals surface area contributed by atoms with E-state index in [1.165, 1.54) is 12.1 Å². The molecule has 1 aliphatic rings. The quantitative estimate of drug-likeness (QED) is 0.642. The van der Waals surface area contributed by atoms with Gasteiger partial charge in [0.1, 0.15) is 5.82 Å². The van der Waals surface area contributed by atoms with E-state index in [-0.39, 0.29) is 30.2 Å². The maximum Gasteiger partial charge on any atom is 0.229 e. The number of amides is 1. The summed E-state index contributed by atoms with van der Waals surface area (Å²) in [5.74, 6) is -0.556. The first kappa shape index (κ1) is 21.8. The summed E-state index contributed by atoms with van der Waals surface area (Å²) < 4.78 is 26.4. The molecule has 0 saturated heterocycles. The lowest BCUT2D eigenvalue weighted by Gasteiger charge is -2.41. The molecule has 2 unspecified atom stereocenters. The summed E-state index contributed by atoms with van der Waals surface area (Å²) in [5, 5.41) is 0. The average molecular weight is 382 g/mol. The van der Waals surface area contributed by atoms with Crippen molar-refractivity contribution >= 4 is 11.6 Å². The van der Waals surface area contributed by atoms with Gasteiger partial charge in [0.2, 0.25) is 5.91 Å². The van der Waals surface area contributed by atoms with Gasteiger partial charge < -0.3 is 14.7 Å². The molecular formula is C21H33F2N3O. The summed E-state index contributed by atoms with van der Waals surface area (Å²) in [4.78, 5) is 19.1. The largest absolute Gasteiger partial charge is 0.308 e. The van der Waals surface area contributed by atoms with Crippen molar-refractivity contribution in [2.45, 2.75) is 50.6 Å². The highest BCUT2D eigenvalue weighted by Crippen LogP contribution is 2.30. The summed E-state index contributed by atoms with van der Waals surface area (Å²) >= 11 is 0.